The number of primary amides is 1. The zero-order chi connectivity index (χ0) is 42.1. The van der Waals surface area contributed by atoms with Crippen LogP contribution in [0.2, 0.25) is 0 Å². The van der Waals surface area contributed by atoms with E-state index < -0.39 is 91.3 Å². The van der Waals surface area contributed by atoms with Crippen molar-refractivity contribution >= 4 is 41.5 Å². The number of Topliss-reactive ketones (excluding diaryl/α,β-unsaturated/α-hetero) is 1. The summed E-state index contributed by atoms with van der Waals surface area (Å²) in [7, 11) is 0. The van der Waals surface area contributed by atoms with Gasteiger partial charge in [-0.25, -0.2) is 9.79 Å². The lowest BCUT2D eigenvalue weighted by Gasteiger charge is -2.43. The van der Waals surface area contributed by atoms with Crippen LogP contribution in [0.3, 0.4) is 0 Å². The molecular formula is C34H62N12O11. The quantitative estimate of drug-likeness (QED) is 0.0403. The fraction of sp³-hybridized carbons (Fsp3) is 0.794. The molecule has 2 fully saturated rings. The number of β-amino-alcohol motifs (C(OH)–C–C–N with tert-alkyl or cyclic N) is 1. The van der Waals surface area contributed by atoms with Gasteiger partial charge < -0.3 is 84.9 Å². The van der Waals surface area contributed by atoms with Crippen molar-refractivity contribution in [1.82, 2.24) is 37.2 Å². The molecule has 5 unspecified atom stereocenters. The molecule has 3 aliphatic heterocycles. The van der Waals surface area contributed by atoms with Crippen LogP contribution in [0, 0.1) is 0 Å². The van der Waals surface area contributed by atoms with Crippen molar-refractivity contribution in [2.45, 2.75) is 132 Å². The minimum absolute atomic E-state index is 0.000132. The normalized spacial score (nSPS) is 27.0. The maximum absolute atomic E-state index is 13.4. The number of carbonyl (C=O) groups is 6. The maximum atomic E-state index is 13.4. The second-order valence-corrected chi connectivity index (χ2v) is 14.7. The summed E-state index contributed by atoms with van der Waals surface area (Å²) >= 11 is 0. The highest BCUT2D eigenvalue weighted by Gasteiger charge is 2.48. The molecule has 3 aliphatic rings. The SMILES string of the molecule is CC(=O)N[C@@H](CCCNC(=O)C[C@@H](N)CCCNCC(=O)C[C@@H](N)CCCN)CC(=O)NC1C(NC2=N[C@@H]3C(=O)NC[C@@H](O)[C@H]3N2)OC(COC(N)=O)C(O)C1O. The number of aliphatic imine (C=N–C) groups is 1. The first-order valence-corrected chi connectivity index (χ1v) is 19.3. The van der Waals surface area contributed by atoms with Crippen molar-refractivity contribution in [2.24, 2.45) is 27.9 Å². The van der Waals surface area contributed by atoms with Gasteiger partial charge in [-0.05, 0) is 51.6 Å². The second kappa shape index (κ2) is 23.9. The predicted octanol–water partition coefficient (Wildman–Crippen LogP) is -6.31. The number of aliphatic hydroxyl groups is 3. The van der Waals surface area contributed by atoms with Gasteiger partial charge in [-0.15, -0.1) is 0 Å². The predicted molar refractivity (Wildman–Crippen MR) is 203 cm³/mol. The Hall–Kier alpha value is -4.23. The van der Waals surface area contributed by atoms with Crippen LogP contribution >= 0.6 is 0 Å². The number of nitrogens with one attached hydrogen (secondary N) is 7. The van der Waals surface area contributed by atoms with E-state index in [0.717, 1.165) is 6.42 Å². The van der Waals surface area contributed by atoms with Crippen LogP contribution in [0.4, 0.5) is 4.79 Å². The Morgan fingerprint density at radius 1 is 0.965 bits per heavy atom. The number of carbonyl (C=O) groups excluding carboxylic acids is 6. The second-order valence-electron chi connectivity index (χ2n) is 14.7. The number of piperidine rings is 1. The van der Waals surface area contributed by atoms with E-state index in [9.17, 15) is 44.1 Å². The third kappa shape index (κ3) is 16.3. The molecule has 5 amide bonds. The van der Waals surface area contributed by atoms with Crippen molar-refractivity contribution in [3.8, 4) is 0 Å². The molecule has 0 aromatic rings. The minimum Gasteiger partial charge on any atom is -0.447 e. The molecule has 0 saturated carbocycles. The molecule has 3 rings (SSSR count). The molecule has 0 aromatic carbocycles. The minimum atomic E-state index is -1.68. The highest BCUT2D eigenvalue weighted by molar-refractivity contribution is 5.92. The molecule has 0 aromatic heterocycles. The monoisotopic (exact) mass is 814 g/mol. The first kappa shape index (κ1) is 47.1. The fourth-order valence-electron chi connectivity index (χ4n) is 6.76. The number of guanidine groups is 1. The molecule has 0 aliphatic carbocycles. The van der Waals surface area contributed by atoms with E-state index in [2.05, 4.69) is 42.2 Å². The lowest BCUT2D eigenvalue weighted by Crippen LogP contribution is -2.69. The van der Waals surface area contributed by atoms with Crippen LogP contribution < -0.4 is 60.2 Å². The number of fused-ring (bicyclic) bond motifs is 1. The topological polar surface area (TPSA) is 382 Å². The van der Waals surface area contributed by atoms with Crippen LogP contribution in [0.25, 0.3) is 0 Å². The number of ketones is 1. The van der Waals surface area contributed by atoms with Crippen LogP contribution in [0.15, 0.2) is 4.99 Å². The fourth-order valence-corrected chi connectivity index (χ4v) is 6.76. The molecule has 0 radical (unpaired) electrons. The summed E-state index contributed by atoms with van der Waals surface area (Å²) in [4.78, 5) is 77.7. The summed E-state index contributed by atoms with van der Waals surface area (Å²) in [6.07, 6.45) is -4.55. The van der Waals surface area contributed by atoms with Crippen LogP contribution in [0.1, 0.15) is 64.7 Å². The van der Waals surface area contributed by atoms with E-state index in [-0.39, 0.29) is 62.6 Å². The molecule has 3 heterocycles. The van der Waals surface area contributed by atoms with Gasteiger partial charge in [-0.2, -0.15) is 0 Å². The number of hydrogen-bond donors (Lipinski definition) is 14. The third-order valence-corrected chi connectivity index (χ3v) is 9.68. The molecule has 11 atom stereocenters. The smallest absolute Gasteiger partial charge is 0.404 e. The van der Waals surface area contributed by atoms with E-state index in [1.165, 1.54) is 6.92 Å². The molecule has 18 N–H and O–H groups in total. The zero-order valence-electron chi connectivity index (χ0n) is 32.3. The van der Waals surface area contributed by atoms with Crippen molar-refractivity contribution in [2.75, 3.05) is 39.3 Å². The van der Waals surface area contributed by atoms with Crippen molar-refractivity contribution in [3.63, 3.8) is 0 Å². The summed E-state index contributed by atoms with van der Waals surface area (Å²) in [5.74, 6) is -1.71. The largest absolute Gasteiger partial charge is 0.447 e. The average Bonchev–Trinajstić information content (AvgIpc) is 3.58. The van der Waals surface area contributed by atoms with Gasteiger partial charge in [0.15, 0.2) is 18.2 Å². The van der Waals surface area contributed by atoms with Gasteiger partial charge in [0.2, 0.25) is 23.6 Å². The number of nitrogens with zero attached hydrogens (tertiary/aromatic N) is 1. The van der Waals surface area contributed by atoms with Crippen LogP contribution in [0.5, 0.6) is 0 Å². The summed E-state index contributed by atoms with van der Waals surface area (Å²) in [5.41, 5.74) is 22.6. The summed E-state index contributed by atoms with van der Waals surface area (Å²) < 4.78 is 10.6. The summed E-state index contributed by atoms with van der Waals surface area (Å²) in [5, 5.41) is 51.7. The van der Waals surface area contributed by atoms with Gasteiger partial charge in [0.05, 0.1) is 18.7 Å². The number of amides is 5. The molecule has 0 bridgehead atoms. The Labute approximate surface area is 330 Å². The van der Waals surface area contributed by atoms with Gasteiger partial charge >= 0.3 is 6.09 Å². The van der Waals surface area contributed by atoms with Gasteiger partial charge in [-0.3, -0.25) is 24.0 Å². The Balaban J connectivity index is 1.47. The first-order valence-electron chi connectivity index (χ1n) is 19.3. The zero-order valence-corrected chi connectivity index (χ0v) is 32.3. The van der Waals surface area contributed by atoms with Gasteiger partial charge in [0, 0.05) is 57.4 Å². The number of hydrogen-bond acceptors (Lipinski definition) is 18. The van der Waals surface area contributed by atoms with Crippen LogP contribution in [-0.4, -0.2) is 163 Å². The molecule has 57 heavy (non-hydrogen) atoms. The van der Waals surface area contributed by atoms with Gasteiger partial charge in [0.25, 0.3) is 0 Å². The lowest BCUT2D eigenvalue weighted by molar-refractivity contribution is -0.198. The molecule has 324 valence electrons. The highest BCUT2D eigenvalue weighted by Crippen LogP contribution is 2.22. The number of ether oxygens (including phenoxy) is 2. The van der Waals surface area contributed by atoms with E-state index in [4.69, 9.17) is 32.4 Å². The van der Waals surface area contributed by atoms with Crippen molar-refractivity contribution in [3.05, 3.63) is 0 Å². The molecular weight excluding hydrogens is 752 g/mol. The standard InChI is InChI=1S/C34H62N12O11/c1-17(47)42-20(7-4-10-40-24(50)12-19(37)6-3-9-39-14-21(48)11-18(36)5-2-8-35)13-25(51)43-28-30(53)29(52)23(16-56-33(38)55)57-32(28)46-34-44-26-22(49)15-41-31(54)27(26)45-34/h18-20,22-23,26-30,32,39,49,52-53H,2-16,35-37H2,1H3,(H2,38,55)(H,40,50)(H,41,54)(H,42,47)(H,43,51)(H2,44,45,46)/t18-,19-,20-,22+,23?,26+,27-,28?,29?,30?,32?/m0/s1. The number of aliphatic hydroxyl groups excluding tert-OH is 3. The number of nitrogens with two attached hydrogens (primary N) is 4. The molecule has 2 saturated heterocycles. The molecule has 23 heteroatoms. The first-order chi connectivity index (χ1) is 27.1. The van der Waals surface area contributed by atoms with E-state index >= 15 is 0 Å². The van der Waals surface area contributed by atoms with Crippen molar-refractivity contribution < 1.29 is 53.6 Å². The van der Waals surface area contributed by atoms with Gasteiger partial charge in [-0.1, -0.05) is 0 Å². The Kier molecular flexibility index (Phi) is 19.7. The highest BCUT2D eigenvalue weighted by atomic mass is 16.6. The van der Waals surface area contributed by atoms with E-state index in [0.29, 0.717) is 45.2 Å². The molecule has 23 nitrogen and oxygen atoms in total. The van der Waals surface area contributed by atoms with Crippen molar-refractivity contribution in [1.29, 1.82) is 0 Å². The Morgan fingerprint density at radius 2 is 1.67 bits per heavy atom. The Bertz CT molecular complexity index is 1390. The maximum Gasteiger partial charge on any atom is 0.404 e. The van der Waals surface area contributed by atoms with Crippen LogP contribution in [-0.2, 0) is 33.4 Å². The lowest BCUT2D eigenvalue weighted by atomic mass is 9.95. The summed E-state index contributed by atoms with van der Waals surface area (Å²) in [6, 6.07) is -4.34. The van der Waals surface area contributed by atoms with E-state index in [1.807, 2.05) is 0 Å². The van der Waals surface area contributed by atoms with Gasteiger partial charge in [0.1, 0.15) is 36.7 Å². The number of rotatable bonds is 24. The summed E-state index contributed by atoms with van der Waals surface area (Å²) in [6.45, 7) is 2.30. The molecule has 0 spiro atoms. The van der Waals surface area contributed by atoms with E-state index in [1.54, 1.807) is 0 Å². The Morgan fingerprint density at radius 3 is 2.35 bits per heavy atom. The third-order valence-electron chi connectivity index (χ3n) is 9.68. The average molecular weight is 815 g/mol.